The van der Waals surface area contributed by atoms with Crippen LogP contribution in [0.4, 0.5) is 5.82 Å². The maximum Gasteiger partial charge on any atom is 0.156 e. The van der Waals surface area contributed by atoms with Gasteiger partial charge in [-0.3, -0.25) is 0 Å². The van der Waals surface area contributed by atoms with Crippen LogP contribution < -0.4 is 9.64 Å². The second-order valence-corrected chi connectivity index (χ2v) is 6.13. The largest absolute Gasteiger partial charge is 0.497 e. The summed E-state index contributed by atoms with van der Waals surface area (Å²) in [5.41, 5.74) is 3.06. The van der Waals surface area contributed by atoms with Crippen LogP contribution in [-0.2, 0) is 0 Å². The lowest BCUT2D eigenvalue weighted by molar-refractivity contribution is 0.415. The number of nitrogens with zero attached hydrogens (tertiary/aromatic N) is 3. The van der Waals surface area contributed by atoms with E-state index in [-0.39, 0.29) is 0 Å². The van der Waals surface area contributed by atoms with Crippen LogP contribution in [0, 0.1) is 5.92 Å². The fourth-order valence-electron chi connectivity index (χ4n) is 3.25. The zero-order valence-electron chi connectivity index (χ0n) is 13.0. The van der Waals surface area contributed by atoms with Crippen molar-refractivity contribution in [1.29, 1.82) is 0 Å². The van der Waals surface area contributed by atoms with E-state index in [1.807, 2.05) is 12.1 Å². The maximum atomic E-state index is 5.31. The van der Waals surface area contributed by atoms with Gasteiger partial charge in [0.2, 0.25) is 0 Å². The van der Waals surface area contributed by atoms with Gasteiger partial charge in [0.25, 0.3) is 0 Å². The number of aromatic nitrogens is 3. The summed E-state index contributed by atoms with van der Waals surface area (Å²) in [6.07, 6.45) is 4.12. The molecule has 1 fully saturated rings. The molecule has 1 aliphatic heterocycles. The second kappa shape index (κ2) is 5.16. The van der Waals surface area contributed by atoms with E-state index in [0.29, 0.717) is 0 Å². The Hall–Kier alpha value is -2.30. The summed E-state index contributed by atoms with van der Waals surface area (Å²) in [6, 6.07) is 6.04. The van der Waals surface area contributed by atoms with Gasteiger partial charge in [0, 0.05) is 24.5 Å². The summed E-state index contributed by atoms with van der Waals surface area (Å²) < 4.78 is 5.31. The first-order valence-corrected chi connectivity index (χ1v) is 7.81. The highest BCUT2D eigenvalue weighted by molar-refractivity contribution is 6.08. The molecule has 0 bridgehead atoms. The van der Waals surface area contributed by atoms with Gasteiger partial charge in [-0.1, -0.05) is 6.92 Å². The van der Waals surface area contributed by atoms with Crippen LogP contribution in [0.5, 0.6) is 5.75 Å². The Bertz CT molecular complexity index is 818. The number of methoxy groups -OCH3 is 1. The third kappa shape index (κ3) is 2.08. The molecule has 0 spiro atoms. The van der Waals surface area contributed by atoms with Crippen molar-refractivity contribution in [3.05, 3.63) is 24.5 Å². The Balaban J connectivity index is 1.85. The summed E-state index contributed by atoms with van der Waals surface area (Å²) in [4.78, 5) is 14.9. The number of anilines is 1. The van der Waals surface area contributed by atoms with Crippen molar-refractivity contribution in [3.63, 3.8) is 0 Å². The van der Waals surface area contributed by atoms with Crippen LogP contribution >= 0.6 is 0 Å². The van der Waals surface area contributed by atoms with E-state index in [9.17, 15) is 0 Å². The van der Waals surface area contributed by atoms with Crippen molar-refractivity contribution in [2.75, 3.05) is 25.1 Å². The highest BCUT2D eigenvalue weighted by atomic mass is 16.5. The molecular weight excluding hydrogens is 276 g/mol. The van der Waals surface area contributed by atoms with E-state index in [1.165, 1.54) is 12.8 Å². The number of fused-ring (bicyclic) bond motifs is 3. The van der Waals surface area contributed by atoms with Gasteiger partial charge in [0.05, 0.1) is 12.6 Å². The summed E-state index contributed by atoms with van der Waals surface area (Å²) >= 11 is 0. The first kappa shape index (κ1) is 13.4. The number of hydrogen-bond donors (Lipinski definition) is 1. The molecule has 0 radical (unpaired) electrons. The molecule has 1 saturated heterocycles. The first-order chi connectivity index (χ1) is 10.8. The summed E-state index contributed by atoms with van der Waals surface area (Å²) in [7, 11) is 1.68. The number of nitrogens with one attached hydrogen (secondary N) is 1. The van der Waals surface area contributed by atoms with E-state index in [4.69, 9.17) is 4.74 Å². The van der Waals surface area contributed by atoms with Gasteiger partial charge in [-0.05, 0) is 30.9 Å². The molecule has 4 rings (SSSR count). The Labute approximate surface area is 129 Å². The van der Waals surface area contributed by atoms with Gasteiger partial charge in [-0.15, -0.1) is 0 Å². The highest BCUT2D eigenvalue weighted by Crippen LogP contribution is 2.32. The van der Waals surface area contributed by atoms with Crippen LogP contribution in [0.25, 0.3) is 21.9 Å². The zero-order valence-corrected chi connectivity index (χ0v) is 13.0. The number of H-pyrrole nitrogens is 1. The Morgan fingerprint density at radius 1 is 1.23 bits per heavy atom. The Kier molecular flexibility index (Phi) is 3.13. The standard InChI is InChI=1S/C17H20N4O/c1-11-5-7-21(8-6-11)17-16-15(18-10-19-17)13-4-3-12(22-2)9-14(13)20-16/h3-4,9-11,20H,5-8H2,1-2H3. The molecule has 5 nitrogen and oxygen atoms in total. The molecule has 0 unspecified atom stereocenters. The van der Waals surface area contributed by atoms with E-state index in [2.05, 4.69) is 32.8 Å². The second-order valence-electron chi connectivity index (χ2n) is 6.13. The predicted molar refractivity (Wildman–Crippen MR) is 88.6 cm³/mol. The molecule has 2 aromatic heterocycles. The first-order valence-electron chi connectivity index (χ1n) is 7.81. The molecule has 22 heavy (non-hydrogen) atoms. The van der Waals surface area contributed by atoms with Gasteiger partial charge >= 0.3 is 0 Å². The van der Waals surface area contributed by atoms with Gasteiger partial charge in [0.1, 0.15) is 23.1 Å². The third-order valence-electron chi connectivity index (χ3n) is 4.65. The van der Waals surface area contributed by atoms with Crippen molar-refractivity contribution in [3.8, 4) is 5.75 Å². The molecule has 114 valence electrons. The number of piperidine rings is 1. The fraction of sp³-hybridized carbons (Fsp3) is 0.412. The van der Waals surface area contributed by atoms with Gasteiger partial charge in [0.15, 0.2) is 5.82 Å². The number of benzene rings is 1. The molecule has 0 atom stereocenters. The Morgan fingerprint density at radius 2 is 2.05 bits per heavy atom. The topological polar surface area (TPSA) is 54.0 Å². The minimum absolute atomic E-state index is 0.806. The zero-order chi connectivity index (χ0) is 15.1. The molecule has 0 saturated carbocycles. The average Bonchev–Trinajstić information content (AvgIpc) is 2.93. The minimum Gasteiger partial charge on any atom is -0.497 e. The molecule has 1 aromatic carbocycles. The predicted octanol–water partition coefficient (Wildman–Crippen LogP) is 3.36. The van der Waals surface area contributed by atoms with Crippen molar-refractivity contribution >= 4 is 27.8 Å². The van der Waals surface area contributed by atoms with Gasteiger partial charge in [-0.25, -0.2) is 9.97 Å². The average molecular weight is 296 g/mol. The van der Waals surface area contributed by atoms with Crippen molar-refractivity contribution < 1.29 is 4.74 Å². The minimum atomic E-state index is 0.806. The highest BCUT2D eigenvalue weighted by Gasteiger charge is 2.20. The van der Waals surface area contributed by atoms with Crippen molar-refractivity contribution in [2.24, 2.45) is 5.92 Å². The lowest BCUT2D eigenvalue weighted by Gasteiger charge is -2.31. The van der Waals surface area contributed by atoms with Crippen LogP contribution in [0.15, 0.2) is 24.5 Å². The molecule has 5 heteroatoms. The quantitative estimate of drug-likeness (QED) is 0.788. The molecule has 0 amide bonds. The maximum absolute atomic E-state index is 5.31. The van der Waals surface area contributed by atoms with E-state index < -0.39 is 0 Å². The van der Waals surface area contributed by atoms with Crippen molar-refractivity contribution in [2.45, 2.75) is 19.8 Å². The molecule has 3 aromatic rings. The molecule has 0 aliphatic carbocycles. The molecular formula is C17H20N4O. The molecule has 1 aliphatic rings. The lowest BCUT2D eigenvalue weighted by atomic mass is 9.99. The van der Waals surface area contributed by atoms with Crippen LogP contribution in [0.2, 0.25) is 0 Å². The van der Waals surface area contributed by atoms with Gasteiger partial charge < -0.3 is 14.6 Å². The number of ether oxygens (including phenoxy) is 1. The summed E-state index contributed by atoms with van der Waals surface area (Å²) in [5, 5.41) is 1.12. The summed E-state index contributed by atoms with van der Waals surface area (Å²) in [5.74, 6) is 2.67. The van der Waals surface area contributed by atoms with E-state index >= 15 is 0 Å². The van der Waals surface area contributed by atoms with Crippen LogP contribution in [-0.4, -0.2) is 35.2 Å². The SMILES string of the molecule is COc1ccc2c(c1)[nH]c1c(N3CCC(C)CC3)ncnc12. The molecule has 3 heterocycles. The van der Waals surface area contributed by atoms with Crippen molar-refractivity contribution in [1.82, 2.24) is 15.0 Å². The number of hydrogen-bond acceptors (Lipinski definition) is 4. The summed E-state index contributed by atoms with van der Waals surface area (Å²) in [6.45, 7) is 4.44. The fourth-order valence-corrected chi connectivity index (χ4v) is 3.25. The van der Waals surface area contributed by atoms with Crippen LogP contribution in [0.3, 0.4) is 0 Å². The van der Waals surface area contributed by atoms with E-state index in [0.717, 1.165) is 52.5 Å². The number of aromatic amines is 1. The van der Waals surface area contributed by atoms with E-state index in [1.54, 1.807) is 13.4 Å². The Morgan fingerprint density at radius 3 is 2.82 bits per heavy atom. The molecule has 1 N–H and O–H groups in total. The van der Waals surface area contributed by atoms with Gasteiger partial charge in [-0.2, -0.15) is 0 Å². The monoisotopic (exact) mass is 296 g/mol. The number of rotatable bonds is 2. The third-order valence-corrected chi connectivity index (χ3v) is 4.65. The lowest BCUT2D eigenvalue weighted by Crippen LogP contribution is -2.33. The normalized spacial score (nSPS) is 16.5. The smallest absolute Gasteiger partial charge is 0.156 e. The van der Waals surface area contributed by atoms with Crippen LogP contribution in [0.1, 0.15) is 19.8 Å².